The van der Waals surface area contributed by atoms with Gasteiger partial charge in [0.2, 0.25) is 5.91 Å². The molecule has 1 saturated heterocycles. The number of carbonyl (C=O) groups excluding carboxylic acids is 2. The molecule has 7 heteroatoms. The predicted octanol–water partition coefficient (Wildman–Crippen LogP) is 3.21. The van der Waals surface area contributed by atoms with Crippen molar-refractivity contribution in [3.05, 3.63) is 28.2 Å². The number of amides is 1. The van der Waals surface area contributed by atoms with Crippen LogP contribution in [0.25, 0.3) is 0 Å². The molecule has 0 bridgehead atoms. The van der Waals surface area contributed by atoms with Crippen LogP contribution in [-0.4, -0.2) is 43.0 Å². The Labute approximate surface area is 145 Å². The summed E-state index contributed by atoms with van der Waals surface area (Å²) in [5.74, 6) is -0.270. The normalized spacial score (nSPS) is 15.3. The molecule has 1 aliphatic rings. The molecular weight excluding hydrogens is 339 g/mol. The van der Waals surface area contributed by atoms with E-state index in [2.05, 4.69) is 5.32 Å². The van der Waals surface area contributed by atoms with Crippen molar-refractivity contribution in [1.82, 2.24) is 4.90 Å². The Bertz CT molecular complexity index is 552. The van der Waals surface area contributed by atoms with Crippen molar-refractivity contribution in [3.8, 4) is 0 Å². The van der Waals surface area contributed by atoms with Crippen LogP contribution in [0.5, 0.6) is 0 Å². The number of benzene rings is 1. The van der Waals surface area contributed by atoms with Gasteiger partial charge in [-0.3, -0.25) is 9.59 Å². The van der Waals surface area contributed by atoms with Crippen LogP contribution in [-0.2, 0) is 14.3 Å². The Morgan fingerprint density at radius 3 is 2.39 bits per heavy atom. The first-order valence-electron chi connectivity index (χ1n) is 7.64. The average molecular weight is 359 g/mol. The molecule has 1 aliphatic heterocycles. The van der Waals surface area contributed by atoms with Crippen molar-refractivity contribution >= 4 is 40.8 Å². The van der Waals surface area contributed by atoms with Gasteiger partial charge < -0.3 is 15.0 Å². The van der Waals surface area contributed by atoms with E-state index in [1.54, 1.807) is 30.0 Å². The lowest BCUT2D eigenvalue weighted by molar-refractivity contribution is -0.151. The summed E-state index contributed by atoms with van der Waals surface area (Å²) in [6.45, 7) is 3.50. The van der Waals surface area contributed by atoms with Gasteiger partial charge in [-0.2, -0.15) is 0 Å². The van der Waals surface area contributed by atoms with Crippen LogP contribution in [0.3, 0.4) is 0 Å². The van der Waals surface area contributed by atoms with Gasteiger partial charge in [0.05, 0.1) is 19.1 Å². The number of nitrogens with zero attached hydrogens (tertiary/aromatic N) is 1. The molecule has 126 valence electrons. The molecule has 1 N–H and O–H groups in total. The van der Waals surface area contributed by atoms with Gasteiger partial charge in [0, 0.05) is 28.8 Å². The van der Waals surface area contributed by atoms with Crippen LogP contribution in [0.4, 0.5) is 5.69 Å². The fourth-order valence-electron chi connectivity index (χ4n) is 2.57. The zero-order valence-corrected chi connectivity index (χ0v) is 14.5. The van der Waals surface area contributed by atoms with Crippen molar-refractivity contribution < 1.29 is 14.3 Å². The van der Waals surface area contributed by atoms with Crippen molar-refractivity contribution in [1.29, 1.82) is 0 Å². The fraction of sp³-hybridized carbons (Fsp3) is 0.500. The van der Waals surface area contributed by atoms with Crippen molar-refractivity contribution in [2.75, 3.05) is 31.6 Å². The highest BCUT2D eigenvalue weighted by atomic mass is 35.5. The van der Waals surface area contributed by atoms with E-state index in [1.165, 1.54) is 0 Å². The average Bonchev–Trinajstić information content (AvgIpc) is 2.52. The summed E-state index contributed by atoms with van der Waals surface area (Å²) in [5, 5.41) is 4.06. The highest BCUT2D eigenvalue weighted by Crippen LogP contribution is 2.23. The molecule has 1 heterocycles. The molecule has 1 amide bonds. The fourth-order valence-corrected chi connectivity index (χ4v) is 3.10. The number of piperidine rings is 1. The molecule has 2 rings (SSSR count). The standard InChI is InChI=1S/C16H20Cl2N2O3/c1-2-23-16(22)11-3-5-20(6-4-11)15(21)10-19-14-8-12(17)7-13(18)9-14/h7-9,11,19H,2-6,10H2,1H3. The molecule has 0 radical (unpaired) electrons. The Morgan fingerprint density at radius 2 is 1.83 bits per heavy atom. The lowest BCUT2D eigenvalue weighted by Crippen LogP contribution is -2.43. The lowest BCUT2D eigenvalue weighted by Gasteiger charge is -2.31. The van der Waals surface area contributed by atoms with Crippen LogP contribution in [0, 0.1) is 5.92 Å². The summed E-state index contributed by atoms with van der Waals surface area (Å²) >= 11 is 11.8. The van der Waals surface area contributed by atoms with Crippen LogP contribution in [0.15, 0.2) is 18.2 Å². The summed E-state index contributed by atoms with van der Waals surface area (Å²) in [5.41, 5.74) is 0.706. The Balaban J connectivity index is 1.80. The van der Waals surface area contributed by atoms with Crippen molar-refractivity contribution in [2.45, 2.75) is 19.8 Å². The van der Waals surface area contributed by atoms with Crippen LogP contribution >= 0.6 is 23.2 Å². The van der Waals surface area contributed by atoms with Gasteiger partial charge in [-0.05, 0) is 38.0 Å². The maximum absolute atomic E-state index is 12.2. The number of likely N-dealkylation sites (tertiary alicyclic amines) is 1. The van der Waals surface area contributed by atoms with Gasteiger partial charge in [0.15, 0.2) is 0 Å². The third-order valence-corrected chi connectivity index (χ3v) is 4.21. The monoisotopic (exact) mass is 358 g/mol. The molecular formula is C16H20Cl2N2O3. The molecule has 0 atom stereocenters. The van der Waals surface area contributed by atoms with Gasteiger partial charge >= 0.3 is 5.97 Å². The van der Waals surface area contributed by atoms with E-state index in [9.17, 15) is 9.59 Å². The summed E-state index contributed by atoms with van der Waals surface area (Å²) in [6, 6.07) is 5.07. The van der Waals surface area contributed by atoms with Gasteiger partial charge in [-0.25, -0.2) is 0 Å². The topological polar surface area (TPSA) is 58.6 Å². The van der Waals surface area contributed by atoms with E-state index >= 15 is 0 Å². The Kier molecular flexibility index (Phi) is 6.54. The number of ether oxygens (including phenoxy) is 1. The van der Waals surface area contributed by atoms with Gasteiger partial charge in [0.25, 0.3) is 0 Å². The quantitative estimate of drug-likeness (QED) is 0.821. The molecule has 23 heavy (non-hydrogen) atoms. The van der Waals surface area contributed by atoms with E-state index in [0.29, 0.717) is 48.3 Å². The predicted molar refractivity (Wildman–Crippen MR) is 90.9 cm³/mol. The molecule has 5 nitrogen and oxygen atoms in total. The summed E-state index contributed by atoms with van der Waals surface area (Å²) in [6.07, 6.45) is 1.29. The minimum Gasteiger partial charge on any atom is -0.466 e. The van der Waals surface area contributed by atoms with E-state index in [0.717, 1.165) is 0 Å². The van der Waals surface area contributed by atoms with E-state index in [-0.39, 0.29) is 24.3 Å². The van der Waals surface area contributed by atoms with E-state index in [4.69, 9.17) is 27.9 Å². The highest BCUT2D eigenvalue weighted by molar-refractivity contribution is 6.35. The van der Waals surface area contributed by atoms with Crippen LogP contribution in [0.1, 0.15) is 19.8 Å². The molecule has 0 aromatic heterocycles. The maximum atomic E-state index is 12.2. The number of esters is 1. The first-order valence-corrected chi connectivity index (χ1v) is 8.39. The third kappa shape index (κ3) is 5.29. The second-order valence-corrected chi connectivity index (χ2v) is 6.29. The summed E-state index contributed by atoms with van der Waals surface area (Å²) < 4.78 is 5.03. The Hall–Kier alpha value is -1.46. The van der Waals surface area contributed by atoms with Crippen molar-refractivity contribution in [3.63, 3.8) is 0 Å². The zero-order chi connectivity index (χ0) is 16.8. The third-order valence-electron chi connectivity index (χ3n) is 3.77. The number of hydrogen-bond donors (Lipinski definition) is 1. The van der Waals surface area contributed by atoms with Crippen molar-refractivity contribution in [2.24, 2.45) is 5.92 Å². The van der Waals surface area contributed by atoms with E-state index < -0.39 is 0 Å². The second-order valence-electron chi connectivity index (χ2n) is 5.42. The maximum Gasteiger partial charge on any atom is 0.309 e. The first kappa shape index (κ1) is 17.9. The molecule has 1 fully saturated rings. The SMILES string of the molecule is CCOC(=O)C1CCN(C(=O)CNc2cc(Cl)cc(Cl)c2)CC1. The number of anilines is 1. The molecule has 0 aliphatic carbocycles. The van der Waals surface area contributed by atoms with Gasteiger partial charge in [-0.15, -0.1) is 0 Å². The molecule has 1 aromatic carbocycles. The van der Waals surface area contributed by atoms with Crippen LogP contribution < -0.4 is 5.32 Å². The second kappa shape index (κ2) is 8.41. The number of nitrogens with one attached hydrogen (secondary N) is 1. The summed E-state index contributed by atoms with van der Waals surface area (Å²) in [7, 11) is 0. The highest BCUT2D eigenvalue weighted by Gasteiger charge is 2.27. The minimum absolute atomic E-state index is 0.0107. The lowest BCUT2D eigenvalue weighted by atomic mass is 9.97. The van der Waals surface area contributed by atoms with Crippen LogP contribution in [0.2, 0.25) is 10.0 Å². The number of carbonyl (C=O) groups is 2. The largest absolute Gasteiger partial charge is 0.466 e. The summed E-state index contributed by atoms with van der Waals surface area (Å²) in [4.78, 5) is 25.7. The zero-order valence-electron chi connectivity index (χ0n) is 13.0. The van der Waals surface area contributed by atoms with Gasteiger partial charge in [0.1, 0.15) is 0 Å². The molecule has 0 saturated carbocycles. The number of rotatable bonds is 5. The minimum atomic E-state index is -0.161. The first-order chi connectivity index (χ1) is 11.0. The smallest absolute Gasteiger partial charge is 0.309 e. The number of hydrogen-bond acceptors (Lipinski definition) is 4. The number of halogens is 2. The Morgan fingerprint density at radius 1 is 1.22 bits per heavy atom. The van der Waals surface area contributed by atoms with E-state index in [1.807, 2.05) is 0 Å². The molecule has 1 aromatic rings. The molecule has 0 unspecified atom stereocenters. The molecule has 0 spiro atoms. The van der Waals surface area contributed by atoms with Gasteiger partial charge in [-0.1, -0.05) is 23.2 Å².